The van der Waals surface area contributed by atoms with Crippen LogP contribution < -0.4 is 5.32 Å². The average molecular weight is 508 g/mol. The number of carbonyl (C=O) groups is 4. The fourth-order valence-corrected chi connectivity index (χ4v) is 4.44. The number of esters is 1. The molecule has 0 radical (unpaired) electrons. The lowest BCUT2D eigenvalue weighted by molar-refractivity contribution is -0.153. The normalized spacial score (nSPS) is 19.8. The summed E-state index contributed by atoms with van der Waals surface area (Å²) in [6.45, 7) is -0.737. The number of aliphatic hydroxyl groups is 1. The summed E-state index contributed by atoms with van der Waals surface area (Å²) < 4.78 is 6.33. The molecule has 1 saturated heterocycles. The van der Waals surface area contributed by atoms with Crippen molar-refractivity contribution in [2.24, 2.45) is 0 Å². The highest BCUT2D eigenvalue weighted by Crippen LogP contribution is 2.30. The van der Waals surface area contributed by atoms with Crippen LogP contribution in [0.5, 0.6) is 0 Å². The second-order valence-electron chi connectivity index (χ2n) is 5.51. The molecular formula is C16H17IN2O7S. The first kappa shape index (κ1) is 21.4. The summed E-state index contributed by atoms with van der Waals surface area (Å²) in [4.78, 5) is 46.3. The zero-order valence-corrected chi connectivity index (χ0v) is 16.9. The van der Waals surface area contributed by atoms with Crippen molar-refractivity contribution in [3.63, 3.8) is 0 Å². The quantitative estimate of drug-likeness (QED) is 0.141. The van der Waals surface area contributed by atoms with Gasteiger partial charge in [-0.2, -0.15) is 0 Å². The topological polar surface area (TPSA) is 133 Å². The van der Waals surface area contributed by atoms with Gasteiger partial charge in [-0.15, -0.1) is 0 Å². The van der Waals surface area contributed by atoms with Gasteiger partial charge in [-0.1, -0.05) is 52.9 Å². The molecule has 2 rings (SSSR count). The van der Waals surface area contributed by atoms with Crippen LogP contribution in [0.2, 0.25) is 0 Å². The molecule has 0 bridgehead atoms. The molecule has 11 heteroatoms. The number of hydrogen-bond donors (Lipinski definition) is 3. The summed E-state index contributed by atoms with van der Waals surface area (Å²) in [6.07, 6.45) is -1.39. The molecule has 1 aliphatic rings. The van der Waals surface area contributed by atoms with E-state index in [1.54, 1.807) is 30.3 Å². The molecule has 1 aromatic rings. The number of nitrogens with one attached hydrogen (secondary N) is 1. The van der Waals surface area contributed by atoms with Gasteiger partial charge in [0.25, 0.3) is 11.8 Å². The van der Waals surface area contributed by atoms with Crippen LogP contribution in [0.3, 0.4) is 0 Å². The molecule has 1 aromatic carbocycles. The van der Waals surface area contributed by atoms with E-state index in [-0.39, 0.29) is 11.8 Å². The number of ether oxygens (including phenoxy) is 1. The van der Waals surface area contributed by atoms with Crippen LogP contribution in [0.15, 0.2) is 30.3 Å². The van der Waals surface area contributed by atoms with Crippen molar-refractivity contribution in [2.45, 2.75) is 18.2 Å². The van der Waals surface area contributed by atoms with Gasteiger partial charge >= 0.3 is 11.9 Å². The Balaban J connectivity index is 1.87. The SMILES string of the molecule is O=C(O)COC(=O)CSN1C(=O)[C@@H](NC(=O)C(O)c2ccccc2)[C@H]1CI. The first-order valence-electron chi connectivity index (χ1n) is 7.78. The zero-order valence-electron chi connectivity index (χ0n) is 13.9. The molecule has 3 atom stereocenters. The molecule has 0 aromatic heterocycles. The number of alkyl halides is 1. The lowest BCUT2D eigenvalue weighted by Gasteiger charge is -2.45. The maximum Gasteiger partial charge on any atom is 0.341 e. The highest BCUT2D eigenvalue weighted by molar-refractivity contribution is 14.1. The van der Waals surface area contributed by atoms with Gasteiger partial charge in [-0.05, 0) is 17.5 Å². The van der Waals surface area contributed by atoms with E-state index in [0.717, 1.165) is 11.9 Å². The van der Waals surface area contributed by atoms with Crippen molar-refractivity contribution < 1.29 is 34.1 Å². The number of halogens is 1. The number of hydrogen-bond acceptors (Lipinski definition) is 7. The minimum Gasteiger partial charge on any atom is -0.479 e. The molecular weight excluding hydrogens is 491 g/mol. The van der Waals surface area contributed by atoms with Crippen molar-refractivity contribution in [3.8, 4) is 0 Å². The molecule has 1 fully saturated rings. The Morgan fingerprint density at radius 2 is 1.96 bits per heavy atom. The summed E-state index contributed by atoms with van der Waals surface area (Å²) in [6, 6.07) is 7.19. The van der Waals surface area contributed by atoms with Gasteiger partial charge in [0, 0.05) is 4.43 Å². The number of amides is 2. The Labute approximate surface area is 172 Å². The first-order chi connectivity index (χ1) is 12.8. The fourth-order valence-electron chi connectivity index (χ4n) is 2.31. The monoisotopic (exact) mass is 508 g/mol. The summed E-state index contributed by atoms with van der Waals surface area (Å²) in [5.74, 6) is -3.33. The Bertz CT molecular complexity index is 718. The predicted molar refractivity (Wildman–Crippen MR) is 104 cm³/mol. The van der Waals surface area contributed by atoms with Crippen LogP contribution in [0.25, 0.3) is 0 Å². The molecule has 9 nitrogen and oxygen atoms in total. The summed E-state index contributed by atoms with van der Waals surface area (Å²) >= 11 is 2.95. The zero-order chi connectivity index (χ0) is 20.0. The van der Waals surface area contributed by atoms with Gasteiger partial charge in [0.1, 0.15) is 11.8 Å². The summed E-state index contributed by atoms with van der Waals surface area (Å²) in [5, 5.41) is 21.1. The van der Waals surface area contributed by atoms with E-state index >= 15 is 0 Å². The number of β-lactam (4-membered cyclic amide) rings is 1. The largest absolute Gasteiger partial charge is 0.479 e. The number of nitrogens with zero attached hydrogens (tertiary/aromatic N) is 1. The lowest BCUT2D eigenvalue weighted by atomic mass is 10.00. The van der Waals surface area contributed by atoms with E-state index in [0.29, 0.717) is 9.99 Å². The highest BCUT2D eigenvalue weighted by Gasteiger charge is 2.48. The molecule has 0 aliphatic carbocycles. The first-order valence-corrected chi connectivity index (χ1v) is 10.2. The van der Waals surface area contributed by atoms with E-state index in [2.05, 4.69) is 10.1 Å². The van der Waals surface area contributed by atoms with E-state index in [4.69, 9.17) is 5.11 Å². The van der Waals surface area contributed by atoms with Crippen molar-refractivity contribution in [1.29, 1.82) is 0 Å². The third-order valence-corrected chi connectivity index (χ3v) is 5.66. The molecule has 2 amide bonds. The van der Waals surface area contributed by atoms with Gasteiger partial charge in [-0.3, -0.25) is 18.7 Å². The Morgan fingerprint density at radius 3 is 2.56 bits per heavy atom. The number of carboxylic acid groups (broad SMARTS) is 1. The van der Waals surface area contributed by atoms with Crippen LogP contribution >= 0.6 is 34.5 Å². The number of rotatable bonds is 9. The lowest BCUT2D eigenvalue weighted by Crippen LogP contribution is -2.69. The van der Waals surface area contributed by atoms with Gasteiger partial charge in [0.05, 0.1) is 6.04 Å². The van der Waals surface area contributed by atoms with Gasteiger partial charge in [0.2, 0.25) is 0 Å². The minimum atomic E-state index is -1.39. The summed E-state index contributed by atoms with van der Waals surface area (Å²) in [7, 11) is 0. The van der Waals surface area contributed by atoms with Crippen LogP contribution in [-0.2, 0) is 23.9 Å². The summed E-state index contributed by atoms with van der Waals surface area (Å²) in [5.41, 5.74) is 0.417. The maximum atomic E-state index is 12.3. The molecule has 146 valence electrons. The second-order valence-corrected chi connectivity index (χ2v) is 7.33. The smallest absolute Gasteiger partial charge is 0.341 e. The number of benzene rings is 1. The van der Waals surface area contributed by atoms with E-state index in [1.807, 2.05) is 22.6 Å². The van der Waals surface area contributed by atoms with Crippen LogP contribution in [-0.4, -0.2) is 67.1 Å². The van der Waals surface area contributed by atoms with E-state index < -0.39 is 42.5 Å². The van der Waals surface area contributed by atoms with Crippen molar-refractivity contribution >= 4 is 58.3 Å². The third-order valence-electron chi connectivity index (χ3n) is 3.67. The van der Waals surface area contributed by atoms with Gasteiger partial charge in [-0.25, -0.2) is 4.79 Å². The number of carbonyl (C=O) groups excluding carboxylic acids is 3. The molecule has 27 heavy (non-hydrogen) atoms. The number of aliphatic hydroxyl groups excluding tert-OH is 1. The van der Waals surface area contributed by atoms with E-state index in [9.17, 15) is 24.3 Å². The van der Waals surface area contributed by atoms with Gasteiger partial charge < -0.3 is 20.3 Å². The van der Waals surface area contributed by atoms with Crippen LogP contribution in [0, 0.1) is 0 Å². The Hall–Kier alpha value is -1.86. The predicted octanol–water partition coefficient (Wildman–Crippen LogP) is 0.127. The maximum absolute atomic E-state index is 12.3. The molecule has 0 saturated carbocycles. The molecule has 1 heterocycles. The Kier molecular flexibility index (Phi) is 7.86. The molecule has 0 spiro atoms. The standard InChI is InChI=1S/C16H17IN2O7S/c17-6-10-13(18-15(24)14(23)9-4-2-1-3-5-9)16(25)19(10)27-8-12(22)26-7-11(20)21/h1-5,10,13-14,23H,6-8H2,(H,18,24)(H,20,21)/t10-,13+,14?/m1/s1. The molecule has 1 unspecified atom stereocenters. The fraction of sp³-hybridized carbons (Fsp3) is 0.375. The second kappa shape index (κ2) is 9.90. The number of carboxylic acids is 1. The van der Waals surface area contributed by atoms with E-state index in [1.165, 1.54) is 4.31 Å². The van der Waals surface area contributed by atoms with Gasteiger partial charge in [0.15, 0.2) is 12.7 Å². The van der Waals surface area contributed by atoms with Crippen LogP contribution in [0.1, 0.15) is 11.7 Å². The van der Waals surface area contributed by atoms with Crippen molar-refractivity contribution in [2.75, 3.05) is 16.8 Å². The molecule has 3 N–H and O–H groups in total. The number of aliphatic carboxylic acids is 1. The average Bonchev–Trinajstić information content (AvgIpc) is 2.67. The highest BCUT2D eigenvalue weighted by atomic mass is 127. The Morgan fingerprint density at radius 1 is 1.30 bits per heavy atom. The van der Waals surface area contributed by atoms with Crippen LogP contribution in [0.4, 0.5) is 0 Å². The van der Waals surface area contributed by atoms with Crippen molar-refractivity contribution in [3.05, 3.63) is 35.9 Å². The third kappa shape index (κ3) is 5.56. The molecule has 1 aliphatic heterocycles. The van der Waals surface area contributed by atoms with Crippen molar-refractivity contribution in [1.82, 2.24) is 9.62 Å². The minimum absolute atomic E-state index is 0.223.